The SMILES string of the molecule is C=CCN.OB(O)O. The molecule has 5 heteroatoms. The second kappa shape index (κ2) is 9.81. The first-order chi connectivity index (χ1) is 3.65. The number of rotatable bonds is 1. The fraction of sp³-hybridized carbons (Fsp3) is 0.333. The summed E-state index contributed by atoms with van der Waals surface area (Å²) in [4.78, 5) is 0. The highest BCUT2D eigenvalue weighted by molar-refractivity contribution is 6.30. The smallest absolute Gasteiger partial charge is 0.402 e. The molecule has 0 rings (SSSR count). The van der Waals surface area contributed by atoms with Gasteiger partial charge in [-0.05, 0) is 0 Å². The quantitative estimate of drug-likeness (QED) is 0.239. The highest BCUT2D eigenvalue weighted by Gasteiger charge is 1.92. The van der Waals surface area contributed by atoms with Gasteiger partial charge < -0.3 is 20.8 Å². The molecule has 8 heavy (non-hydrogen) atoms. The van der Waals surface area contributed by atoms with Gasteiger partial charge in [0.05, 0.1) is 0 Å². The predicted octanol–water partition coefficient (Wildman–Crippen LogP) is -1.92. The minimum Gasteiger partial charge on any atom is -0.402 e. The molecule has 0 saturated carbocycles. The van der Waals surface area contributed by atoms with E-state index in [4.69, 9.17) is 20.8 Å². The minimum atomic E-state index is -2.17. The third kappa shape index (κ3) is 293. The molecule has 0 aromatic carbocycles. The molecule has 0 radical (unpaired) electrons. The van der Waals surface area contributed by atoms with Crippen LogP contribution in [0.5, 0.6) is 0 Å². The summed E-state index contributed by atoms with van der Waals surface area (Å²) in [5, 5.41) is 21.5. The largest absolute Gasteiger partial charge is 0.631 e. The van der Waals surface area contributed by atoms with Crippen molar-refractivity contribution in [1.29, 1.82) is 0 Å². The van der Waals surface area contributed by atoms with Crippen molar-refractivity contribution in [3.8, 4) is 0 Å². The Hall–Kier alpha value is -0.355. The van der Waals surface area contributed by atoms with Crippen LogP contribution in [-0.2, 0) is 0 Å². The molecule has 0 unspecified atom stereocenters. The van der Waals surface area contributed by atoms with Gasteiger partial charge in [0.25, 0.3) is 0 Å². The van der Waals surface area contributed by atoms with Crippen molar-refractivity contribution in [2.75, 3.05) is 6.54 Å². The number of hydrogen-bond donors (Lipinski definition) is 4. The predicted molar refractivity (Wildman–Crippen MR) is 31.7 cm³/mol. The Bertz CT molecular complexity index is 47.0. The topological polar surface area (TPSA) is 86.7 Å². The third-order valence-electron chi connectivity index (χ3n) is 0.167. The van der Waals surface area contributed by atoms with Crippen LogP contribution in [0.2, 0.25) is 0 Å². The molecule has 0 heterocycles. The van der Waals surface area contributed by atoms with Crippen LogP contribution in [-0.4, -0.2) is 28.9 Å². The summed E-state index contributed by atoms with van der Waals surface area (Å²) in [6, 6.07) is 0. The first-order valence-electron chi connectivity index (χ1n) is 2.00. The molecule has 5 N–H and O–H groups in total. The maximum Gasteiger partial charge on any atom is 0.631 e. The average Bonchev–Trinajstić information content (AvgIpc) is 1.65. The van der Waals surface area contributed by atoms with Crippen LogP contribution in [0.4, 0.5) is 0 Å². The van der Waals surface area contributed by atoms with E-state index in [0.29, 0.717) is 6.54 Å². The van der Waals surface area contributed by atoms with Crippen molar-refractivity contribution < 1.29 is 15.1 Å². The lowest BCUT2D eigenvalue weighted by molar-refractivity contribution is 0.278. The highest BCUT2D eigenvalue weighted by Crippen LogP contribution is 1.40. The summed E-state index contributed by atoms with van der Waals surface area (Å²) in [5.41, 5.74) is 4.91. The van der Waals surface area contributed by atoms with Gasteiger partial charge in [-0.1, -0.05) is 6.08 Å². The van der Waals surface area contributed by atoms with E-state index in [0.717, 1.165) is 0 Å². The van der Waals surface area contributed by atoms with Gasteiger partial charge in [-0.3, -0.25) is 0 Å². The van der Waals surface area contributed by atoms with E-state index < -0.39 is 7.32 Å². The molecule has 4 nitrogen and oxygen atoms in total. The van der Waals surface area contributed by atoms with Gasteiger partial charge in [-0.25, -0.2) is 0 Å². The summed E-state index contributed by atoms with van der Waals surface area (Å²) < 4.78 is 0. The normalized spacial score (nSPS) is 6.50. The fourth-order valence-corrected chi connectivity index (χ4v) is 0. The molecule has 0 aromatic rings. The lowest BCUT2D eigenvalue weighted by atomic mass is 10.3. The molecule has 0 aliphatic carbocycles. The van der Waals surface area contributed by atoms with Gasteiger partial charge in [-0.15, -0.1) is 6.58 Å². The van der Waals surface area contributed by atoms with Gasteiger partial charge >= 0.3 is 7.32 Å². The Labute approximate surface area is 48.4 Å². The number of nitrogens with two attached hydrogens (primary N) is 1. The van der Waals surface area contributed by atoms with Crippen LogP contribution in [0.15, 0.2) is 12.7 Å². The van der Waals surface area contributed by atoms with E-state index in [1.54, 1.807) is 6.08 Å². The molecule has 0 fully saturated rings. The van der Waals surface area contributed by atoms with E-state index in [1.807, 2.05) is 0 Å². The Morgan fingerprint density at radius 1 is 1.50 bits per heavy atom. The van der Waals surface area contributed by atoms with Crippen LogP contribution in [0.1, 0.15) is 0 Å². The molecule has 0 aliphatic rings. The molecule has 0 amide bonds. The van der Waals surface area contributed by atoms with Crippen molar-refractivity contribution >= 4 is 7.32 Å². The zero-order chi connectivity index (χ0) is 6.99. The highest BCUT2D eigenvalue weighted by atomic mass is 16.5. The van der Waals surface area contributed by atoms with Crippen LogP contribution < -0.4 is 5.73 Å². The van der Waals surface area contributed by atoms with E-state index in [2.05, 4.69) is 6.58 Å². The van der Waals surface area contributed by atoms with Crippen LogP contribution in [0, 0.1) is 0 Å². The van der Waals surface area contributed by atoms with Gasteiger partial charge in [0.1, 0.15) is 0 Å². The Morgan fingerprint density at radius 3 is 1.62 bits per heavy atom. The maximum absolute atomic E-state index is 7.17. The molecular weight excluding hydrogens is 109 g/mol. The van der Waals surface area contributed by atoms with Crippen LogP contribution in [0.3, 0.4) is 0 Å². The summed E-state index contributed by atoms with van der Waals surface area (Å²) in [6.07, 6.45) is 1.65. The first kappa shape index (κ1) is 10.6. The van der Waals surface area contributed by atoms with Crippen molar-refractivity contribution in [2.45, 2.75) is 0 Å². The van der Waals surface area contributed by atoms with E-state index in [1.165, 1.54) is 0 Å². The first-order valence-corrected chi connectivity index (χ1v) is 2.00. The molecule has 0 bridgehead atoms. The second-order valence-electron chi connectivity index (χ2n) is 0.871. The third-order valence-corrected chi connectivity index (χ3v) is 0.167. The monoisotopic (exact) mass is 119 g/mol. The zero-order valence-corrected chi connectivity index (χ0v) is 4.49. The average molecular weight is 119 g/mol. The molecule has 0 aromatic heterocycles. The van der Waals surface area contributed by atoms with E-state index in [9.17, 15) is 0 Å². The molecule has 0 saturated heterocycles. The Morgan fingerprint density at radius 2 is 1.62 bits per heavy atom. The summed E-state index contributed by atoms with van der Waals surface area (Å²) in [5.74, 6) is 0. The van der Waals surface area contributed by atoms with Gasteiger partial charge in [0, 0.05) is 6.54 Å². The van der Waals surface area contributed by atoms with Gasteiger partial charge in [-0.2, -0.15) is 0 Å². The molecule has 48 valence electrons. The second-order valence-corrected chi connectivity index (χ2v) is 0.871. The van der Waals surface area contributed by atoms with Crippen LogP contribution >= 0.6 is 0 Å². The van der Waals surface area contributed by atoms with Crippen molar-refractivity contribution in [2.24, 2.45) is 5.73 Å². The summed E-state index contributed by atoms with van der Waals surface area (Å²) >= 11 is 0. The Kier molecular flexibility index (Phi) is 13.0. The lowest BCUT2D eigenvalue weighted by Gasteiger charge is -1.69. The van der Waals surface area contributed by atoms with Crippen molar-refractivity contribution in [3.63, 3.8) is 0 Å². The maximum atomic E-state index is 7.17. The fourth-order valence-electron chi connectivity index (χ4n) is 0. The summed E-state index contributed by atoms with van der Waals surface area (Å²) in [7, 11) is -2.17. The van der Waals surface area contributed by atoms with Gasteiger partial charge in [0.15, 0.2) is 0 Å². The Balaban J connectivity index is 0. The lowest BCUT2D eigenvalue weighted by Crippen LogP contribution is -2.07. The summed E-state index contributed by atoms with van der Waals surface area (Å²) in [6.45, 7) is 3.94. The molecular formula is C3H10BNO3. The molecule has 0 spiro atoms. The minimum absolute atomic E-state index is 0.583. The van der Waals surface area contributed by atoms with Crippen LogP contribution in [0.25, 0.3) is 0 Å². The number of hydrogen-bond acceptors (Lipinski definition) is 4. The standard InChI is InChI=1S/C3H7N.BH3O3/c1-2-3-4;2-1(3)4/h2H,1,3-4H2;2-4H. The van der Waals surface area contributed by atoms with Crippen molar-refractivity contribution in [1.82, 2.24) is 0 Å². The van der Waals surface area contributed by atoms with Crippen molar-refractivity contribution in [3.05, 3.63) is 12.7 Å². The zero-order valence-electron chi connectivity index (χ0n) is 4.49. The van der Waals surface area contributed by atoms with Gasteiger partial charge in [0.2, 0.25) is 0 Å². The van der Waals surface area contributed by atoms with E-state index >= 15 is 0 Å². The van der Waals surface area contributed by atoms with E-state index in [-0.39, 0.29) is 0 Å². The molecule has 0 atom stereocenters. The molecule has 0 aliphatic heterocycles.